The molecule has 2 N–H and O–H groups in total. The number of nitrogens with one attached hydrogen (secondary N) is 1. The minimum absolute atomic E-state index is 0.117. The molecule has 148 valence electrons. The quantitative estimate of drug-likeness (QED) is 0.530. The van der Waals surface area contributed by atoms with E-state index in [-0.39, 0.29) is 11.7 Å². The van der Waals surface area contributed by atoms with Gasteiger partial charge in [0.25, 0.3) is 5.91 Å². The number of aryl methyl sites for hydroxylation is 1. The summed E-state index contributed by atoms with van der Waals surface area (Å²) in [5, 5.41) is 13.7. The standard InChI is InChI=1S/C21H25BrN4O2/c1-16-2-4-17(5-3-16)14-25-8-10-26(11-9-25)15-21(28)24-23-13-18-12-19(22)6-7-20(18)27/h2-7,12-13,27H,8-11,14-15H2,1H3,(H,24,28)/b23-13-. The monoisotopic (exact) mass is 444 g/mol. The van der Waals surface area contributed by atoms with E-state index in [4.69, 9.17) is 0 Å². The van der Waals surface area contributed by atoms with Crippen LogP contribution in [0.5, 0.6) is 5.75 Å². The third kappa shape index (κ3) is 6.15. The first-order chi connectivity index (χ1) is 13.5. The van der Waals surface area contributed by atoms with Gasteiger partial charge in [0.1, 0.15) is 5.75 Å². The minimum Gasteiger partial charge on any atom is -0.507 e. The second kappa shape index (κ2) is 9.82. The zero-order chi connectivity index (χ0) is 19.9. The van der Waals surface area contributed by atoms with E-state index in [1.165, 1.54) is 17.3 Å². The fourth-order valence-electron chi connectivity index (χ4n) is 3.10. The first kappa shape index (κ1) is 20.5. The maximum atomic E-state index is 12.1. The van der Waals surface area contributed by atoms with Crippen molar-refractivity contribution in [2.45, 2.75) is 13.5 Å². The summed E-state index contributed by atoms with van der Waals surface area (Å²) in [6, 6.07) is 13.7. The van der Waals surface area contributed by atoms with Crippen LogP contribution >= 0.6 is 15.9 Å². The molecular weight excluding hydrogens is 420 g/mol. The number of amides is 1. The lowest BCUT2D eigenvalue weighted by Crippen LogP contribution is -2.48. The topological polar surface area (TPSA) is 68.2 Å². The van der Waals surface area contributed by atoms with Gasteiger partial charge in [0.05, 0.1) is 12.8 Å². The number of benzene rings is 2. The van der Waals surface area contributed by atoms with Crippen molar-refractivity contribution in [2.75, 3.05) is 32.7 Å². The van der Waals surface area contributed by atoms with Gasteiger partial charge in [0.2, 0.25) is 0 Å². The van der Waals surface area contributed by atoms with Crippen LogP contribution in [0.15, 0.2) is 52.0 Å². The summed E-state index contributed by atoms with van der Waals surface area (Å²) < 4.78 is 0.835. The molecule has 0 saturated carbocycles. The second-order valence-electron chi connectivity index (χ2n) is 7.03. The number of halogens is 1. The highest BCUT2D eigenvalue weighted by Gasteiger charge is 2.18. The van der Waals surface area contributed by atoms with Crippen LogP contribution < -0.4 is 5.43 Å². The minimum atomic E-state index is -0.155. The highest BCUT2D eigenvalue weighted by molar-refractivity contribution is 9.10. The molecule has 1 aliphatic rings. The molecule has 6 nitrogen and oxygen atoms in total. The largest absolute Gasteiger partial charge is 0.507 e. The Kier molecular flexibility index (Phi) is 7.19. The second-order valence-corrected chi connectivity index (χ2v) is 7.95. The lowest BCUT2D eigenvalue weighted by molar-refractivity contribution is -0.122. The molecule has 0 atom stereocenters. The van der Waals surface area contributed by atoms with E-state index >= 15 is 0 Å². The van der Waals surface area contributed by atoms with Crippen LogP contribution in [0, 0.1) is 6.92 Å². The Balaban J connectivity index is 1.40. The Bertz CT molecular complexity index is 831. The van der Waals surface area contributed by atoms with E-state index in [1.54, 1.807) is 18.2 Å². The molecule has 1 heterocycles. The number of phenols is 1. The van der Waals surface area contributed by atoms with Gasteiger partial charge in [0, 0.05) is 42.8 Å². The normalized spacial score (nSPS) is 15.8. The van der Waals surface area contributed by atoms with Gasteiger partial charge in [-0.15, -0.1) is 0 Å². The van der Waals surface area contributed by atoms with Crippen LogP contribution in [0.25, 0.3) is 0 Å². The molecule has 2 aromatic rings. The molecular formula is C21H25BrN4O2. The van der Waals surface area contributed by atoms with Crippen molar-refractivity contribution >= 4 is 28.1 Å². The zero-order valence-electron chi connectivity index (χ0n) is 15.9. The first-order valence-corrected chi connectivity index (χ1v) is 10.1. The first-order valence-electron chi connectivity index (χ1n) is 9.30. The number of carbonyl (C=O) groups excluding carboxylic acids is 1. The molecule has 0 aliphatic carbocycles. The predicted molar refractivity (Wildman–Crippen MR) is 114 cm³/mol. The van der Waals surface area contributed by atoms with Crippen LogP contribution in [-0.4, -0.2) is 59.8 Å². The summed E-state index contributed by atoms with van der Waals surface area (Å²) in [5.74, 6) is -0.0383. The van der Waals surface area contributed by atoms with E-state index in [9.17, 15) is 9.90 Å². The van der Waals surface area contributed by atoms with Gasteiger partial charge in [0.15, 0.2) is 0 Å². The molecule has 1 saturated heterocycles. The molecule has 0 aromatic heterocycles. The van der Waals surface area contributed by atoms with E-state index in [0.717, 1.165) is 37.2 Å². The van der Waals surface area contributed by atoms with Crippen LogP contribution in [0.2, 0.25) is 0 Å². The lowest BCUT2D eigenvalue weighted by atomic mass is 10.1. The van der Waals surface area contributed by atoms with Crippen molar-refractivity contribution in [1.82, 2.24) is 15.2 Å². The Morgan fingerprint density at radius 1 is 1.14 bits per heavy atom. The van der Waals surface area contributed by atoms with Gasteiger partial charge in [-0.2, -0.15) is 5.10 Å². The summed E-state index contributed by atoms with van der Waals surface area (Å²) in [6.07, 6.45) is 1.44. The fraction of sp³-hybridized carbons (Fsp3) is 0.333. The average molecular weight is 445 g/mol. The van der Waals surface area contributed by atoms with E-state index < -0.39 is 0 Å². The average Bonchev–Trinajstić information content (AvgIpc) is 2.68. The number of hydrogen-bond donors (Lipinski definition) is 2. The summed E-state index contributed by atoms with van der Waals surface area (Å²) in [6.45, 7) is 6.96. The SMILES string of the molecule is Cc1ccc(CN2CCN(CC(=O)N/N=C\c3cc(Br)ccc3O)CC2)cc1. The maximum absolute atomic E-state index is 12.1. The molecule has 1 fully saturated rings. The zero-order valence-corrected chi connectivity index (χ0v) is 17.5. The fourth-order valence-corrected chi connectivity index (χ4v) is 3.48. The molecule has 3 rings (SSSR count). The number of carbonyl (C=O) groups is 1. The van der Waals surface area contributed by atoms with Gasteiger partial charge in [-0.25, -0.2) is 5.43 Å². The van der Waals surface area contributed by atoms with Crippen molar-refractivity contribution in [3.63, 3.8) is 0 Å². The van der Waals surface area contributed by atoms with Gasteiger partial charge < -0.3 is 5.11 Å². The molecule has 7 heteroatoms. The molecule has 0 radical (unpaired) electrons. The Morgan fingerprint density at radius 2 is 1.82 bits per heavy atom. The molecule has 2 aromatic carbocycles. The Morgan fingerprint density at radius 3 is 2.54 bits per heavy atom. The van der Waals surface area contributed by atoms with Crippen molar-refractivity contribution in [1.29, 1.82) is 0 Å². The number of rotatable bonds is 6. The van der Waals surface area contributed by atoms with E-state index in [0.29, 0.717) is 12.1 Å². The Hall–Kier alpha value is -2.22. The Labute approximate surface area is 174 Å². The van der Waals surface area contributed by atoms with Crippen LogP contribution in [0.4, 0.5) is 0 Å². The highest BCUT2D eigenvalue weighted by Crippen LogP contribution is 2.19. The molecule has 0 unspecified atom stereocenters. The molecule has 0 bridgehead atoms. The number of aromatic hydroxyl groups is 1. The van der Waals surface area contributed by atoms with Gasteiger partial charge >= 0.3 is 0 Å². The van der Waals surface area contributed by atoms with Crippen LogP contribution in [-0.2, 0) is 11.3 Å². The molecule has 0 spiro atoms. The number of hydrazone groups is 1. The smallest absolute Gasteiger partial charge is 0.254 e. The van der Waals surface area contributed by atoms with E-state index in [1.807, 2.05) is 0 Å². The van der Waals surface area contributed by atoms with Crippen molar-refractivity contribution in [3.8, 4) is 5.75 Å². The predicted octanol–water partition coefficient (Wildman–Crippen LogP) is 2.73. The van der Waals surface area contributed by atoms with Crippen molar-refractivity contribution < 1.29 is 9.90 Å². The number of piperazine rings is 1. The lowest BCUT2D eigenvalue weighted by Gasteiger charge is -2.34. The third-order valence-electron chi connectivity index (χ3n) is 4.74. The number of nitrogens with zero attached hydrogens (tertiary/aromatic N) is 3. The molecule has 1 aliphatic heterocycles. The van der Waals surface area contributed by atoms with Gasteiger partial charge in [-0.05, 0) is 30.7 Å². The summed E-state index contributed by atoms with van der Waals surface area (Å²) in [5.41, 5.74) is 5.67. The number of phenolic OH excluding ortho intramolecular Hbond substituents is 1. The summed E-state index contributed by atoms with van der Waals surface area (Å²) in [4.78, 5) is 16.6. The van der Waals surface area contributed by atoms with Crippen molar-refractivity contribution in [2.24, 2.45) is 5.10 Å². The van der Waals surface area contributed by atoms with E-state index in [2.05, 4.69) is 67.4 Å². The van der Waals surface area contributed by atoms with Crippen LogP contribution in [0.1, 0.15) is 16.7 Å². The molecule has 1 amide bonds. The number of hydrogen-bond acceptors (Lipinski definition) is 5. The highest BCUT2D eigenvalue weighted by atomic mass is 79.9. The summed E-state index contributed by atoms with van der Waals surface area (Å²) in [7, 11) is 0. The third-order valence-corrected chi connectivity index (χ3v) is 5.23. The van der Waals surface area contributed by atoms with Crippen molar-refractivity contribution in [3.05, 3.63) is 63.6 Å². The molecule has 28 heavy (non-hydrogen) atoms. The van der Waals surface area contributed by atoms with Gasteiger partial charge in [-0.3, -0.25) is 14.6 Å². The van der Waals surface area contributed by atoms with Gasteiger partial charge in [-0.1, -0.05) is 45.8 Å². The summed E-state index contributed by atoms with van der Waals surface area (Å²) >= 11 is 3.34. The maximum Gasteiger partial charge on any atom is 0.254 e. The van der Waals surface area contributed by atoms with Crippen LogP contribution in [0.3, 0.4) is 0 Å².